The summed E-state index contributed by atoms with van der Waals surface area (Å²) in [4.78, 5) is 21.3. The third kappa shape index (κ3) is 17.8. The van der Waals surface area contributed by atoms with Crippen LogP contribution in [0.3, 0.4) is 0 Å². The minimum atomic E-state index is -1.23. The van der Waals surface area contributed by atoms with E-state index >= 15 is 0 Å². The first-order valence-corrected chi connectivity index (χ1v) is 7.55. The Hall–Kier alpha value is 1.58. The predicted octanol–water partition coefficient (Wildman–Crippen LogP) is -1.68. The van der Waals surface area contributed by atoms with Crippen molar-refractivity contribution < 1.29 is 104 Å². The van der Waals surface area contributed by atoms with E-state index in [9.17, 15) is 9.59 Å². The molecule has 0 aliphatic rings. The zero-order valence-corrected chi connectivity index (χ0v) is 19.2. The summed E-state index contributed by atoms with van der Waals surface area (Å²) >= 11 is 0. The fraction of sp³-hybridized carbons (Fsp3) is 0.867. The van der Waals surface area contributed by atoms with Gasteiger partial charge in [0.2, 0.25) is 0 Å². The smallest absolute Gasteiger partial charge is 1.00 e. The molecule has 0 unspecified atom stereocenters. The molecule has 0 aromatic carbocycles. The summed E-state index contributed by atoms with van der Waals surface area (Å²) in [6.45, 7) is 2.21. The first-order chi connectivity index (χ1) is 9.09. The summed E-state index contributed by atoms with van der Waals surface area (Å²) in [6, 6.07) is 0. The molecule has 0 rings (SSSR count). The number of unbranched alkanes of at least 4 members (excludes halogenated alkanes) is 9. The molecule has 116 valence electrons. The Kier molecular flexibility index (Phi) is 25.6. The number of hydrogen-bond donors (Lipinski definition) is 2. The van der Waals surface area contributed by atoms with Crippen molar-refractivity contribution in [3.8, 4) is 0 Å². The second kappa shape index (κ2) is 19.6. The first-order valence-electron chi connectivity index (χ1n) is 7.55. The Labute approximate surface area is 196 Å². The van der Waals surface area contributed by atoms with E-state index in [0.29, 0.717) is 6.42 Å². The summed E-state index contributed by atoms with van der Waals surface area (Å²) in [5.74, 6) is -3.67. The maximum absolute atomic E-state index is 10.7. The van der Waals surface area contributed by atoms with Crippen molar-refractivity contribution in [3.63, 3.8) is 0 Å². The second-order valence-electron chi connectivity index (χ2n) is 5.20. The summed E-state index contributed by atoms with van der Waals surface area (Å²) in [5, 5.41) is 17.4. The number of carbonyl (C=O) groups is 2. The van der Waals surface area contributed by atoms with Crippen LogP contribution in [-0.2, 0) is 9.59 Å². The van der Waals surface area contributed by atoms with E-state index in [2.05, 4.69) is 6.92 Å². The molecular formula is C15H30KNaO4. The van der Waals surface area contributed by atoms with Gasteiger partial charge in [-0.1, -0.05) is 71.1 Å². The number of hydrogen-bond acceptors (Lipinski definition) is 2. The Balaban J connectivity index is -0.000000270. The van der Waals surface area contributed by atoms with E-state index in [1.807, 2.05) is 0 Å². The van der Waals surface area contributed by atoms with E-state index in [0.717, 1.165) is 12.8 Å². The normalized spacial score (nSPS) is 9.81. The molecule has 0 fully saturated rings. The molecule has 0 heterocycles. The van der Waals surface area contributed by atoms with Crippen molar-refractivity contribution in [2.75, 3.05) is 0 Å². The molecule has 6 heteroatoms. The van der Waals surface area contributed by atoms with Crippen molar-refractivity contribution >= 4 is 11.9 Å². The van der Waals surface area contributed by atoms with Gasteiger partial charge in [0.15, 0.2) is 5.92 Å². The van der Waals surface area contributed by atoms with Crippen LogP contribution in [0.25, 0.3) is 0 Å². The molecule has 0 atom stereocenters. The number of carboxylic acid groups (broad SMARTS) is 2. The molecule has 0 radical (unpaired) electrons. The summed E-state index contributed by atoms with van der Waals surface area (Å²) in [6.07, 6.45) is 11.9. The Bertz CT molecular complexity index is 258. The Morgan fingerprint density at radius 3 is 1.48 bits per heavy atom. The molecule has 0 spiro atoms. The van der Waals surface area contributed by atoms with Crippen molar-refractivity contribution in [3.05, 3.63) is 0 Å². The maximum atomic E-state index is 10.7. The van der Waals surface area contributed by atoms with Gasteiger partial charge in [-0.3, -0.25) is 9.59 Å². The maximum Gasteiger partial charge on any atom is 1.00 e. The molecule has 0 aliphatic heterocycles. The zero-order valence-electron chi connectivity index (χ0n) is 16.1. The van der Waals surface area contributed by atoms with Crippen LogP contribution in [0.2, 0.25) is 0 Å². The van der Waals surface area contributed by atoms with Crippen molar-refractivity contribution in [2.45, 2.75) is 77.6 Å². The van der Waals surface area contributed by atoms with E-state index in [4.69, 9.17) is 10.2 Å². The number of rotatable bonds is 13. The van der Waals surface area contributed by atoms with Gasteiger partial charge in [0.1, 0.15) is 0 Å². The van der Waals surface area contributed by atoms with Gasteiger partial charge in [-0.2, -0.15) is 0 Å². The molecule has 0 amide bonds. The SMILES string of the molecule is CCCCCCCCCCCCC(C(=O)O)C(=O)O.[H-].[H-].[K+].[Na+]. The molecule has 0 bridgehead atoms. The van der Waals surface area contributed by atoms with Crippen molar-refractivity contribution in [1.82, 2.24) is 0 Å². The quantitative estimate of drug-likeness (QED) is 0.239. The van der Waals surface area contributed by atoms with Crippen molar-refractivity contribution in [1.29, 1.82) is 0 Å². The van der Waals surface area contributed by atoms with Crippen LogP contribution in [0, 0.1) is 5.92 Å². The van der Waals surface area contributed by atoms with Gasteiger partial charge in [0.05, 0.1) is 0 Å². The predicted molar refractivity (Wildman–Crippen MR) is 77.4 cm³/mol. The molecule has 0 aromatic rings. The Morgan fingerprint density at radius 2 is 1.14 bits per heavy atom. The largest absolute Gasteiger partial charge is 1.00 e. The monoisotopic (exact) mass is 336 g/mol. The molecule has 0 saturated heterocycles. The van der Waals surface area contributed by atoms with Crippen LogP contribution in [0.15, 0.2) is 0 Å². The molecule has 4 nitrogen and oxygen atoms in total. The summed E-state index contributed by atoms with van der Waals surface area (Å²) in [5.41, 5.74) is 0. The van der Waals surface area contributed by atoms with E-state index < -0.39 is 17.9 Å². The van der Waals surface area contributed by atoms with Gasteiger partial charge in [-0.15, -0.1) is 0 Å². The minimum absolute atomic E-state index is 0. The van der Waals surface area contributed by atoms with Crippen LogP contribution in [0.1, 0.15) is 80.4 Å². The van der Waals surface area contributed by atoms with Gasteiger partial charge in [0.25, 0.3) is 0 Å². The van der Waals surface area contributed by atoms with E-state index in [-0.39, 0.29) is 90.2 Å². The fourth-order valence-corrected chi connectivity index (χ4v) is 2.19. The summed E-state index contributed by atoms with van der Waals surface area (Å²) in [7, 11) is 0. The second-order valence-corrected chi connectivity index (χ2v) is 5.20. The average molecular weight is 336 g/mol. The molecule has 2 N–H and O–H groups in total. The fourth-order valence-electron chi connectivity index (χ4n) is 2.19. The molecule has 0 saturated carbocycles. The Morgan fingerprint density at radius 1 is 0.810 bits per heavy atom. The molecular weight excluding hydrogens is 306 g/mol. The van der Waals surface area contributed by atoms with Gasteiger partial charge in [0, 0.05) is 0 Å². The minimum Gasteiger partial charge on any atom is -1.00 e. The third-order valence-corrected chi connectivity index (χ3v) is 3.44. The van der Waals surface area contributed by atoms with Crippen LogP contribution in [-0.4, -0.2) is 22.2 Å². The van der Waals surface area contributed by atoms with Crippen LogP contribution < -0.4 is 80.9 Å². The van der Waals surface area contributed by atoms with Gasteiger partial charge in [-0.25, -0.2) is 0 Å². The van der Waals surface area contributed by atoms with Gasteiger partial charge < -0.3 is 13.1 Å². The number of aliphatic carboxylic acids is 2. The van der Waals surface area contributed by atoms with Crippen LogP contribution in [0.5, 0.6) is 0 Å². The first kappa shape index (κ1) is 27.4. The third-order valence-electron chi connectivity index (χ3n) is 3.44. The van der Waals surface area contributed by atoms with Gasteiger partial charge >= 0.3 is 92.9 Å². The van der Waals surface area contributed by atoms with E-state index in [1.165, 1.54) is 44.9 Å². The van der Waals surface area contributed by atoms with Crippen LogP contribution >= 0.6 is 0 Å². The number of carboxylic acids is 2. The van der Waals surface area contributed by atoms with E-state index in [1.54, 1.807) is 0 Å². The summed E-state index contributed by atoms with van der Waals surface area (Å²) < 4.78 is 0. The zero-order chi connectivity index (χ0) is 14.5. The molecule has 21 heavy (non-hydrogen) atoms. The molecule has 0 aliphatic carbocycles. The molecule has 0 aromatic heterocycles. The van der Waals surface area contributed by atoms with Crippen molar-refractivity contribution in [2.24, 2.45) is 5.92 Å². The van der Waals surface area contributed by atoms with Gasteiger partial charge in [-0.05, 0) is 6.42 Å². The topological polar surface area (TPSA) is 74.6 Å². The average Bonchev–Trinajstić information content (AvgIpc) is 2.35. The van der Waals surface area contributed by atoms with Crippen LogP contribution in [0.4, 0.5) is 0 Å². The standard InChI is InChI=1S/C15H28O4.K.Na.2H/c1-2-3-4-5-6-7-8-9-10-11-12-13(14(16)17)15(18)19;;;;/h13H,2-12H2,1H3,(H,16,17)(H,18,19);;;;/q;2*+1;2*-1.